The van der Waals surface area contributed by atoms with Crippen LogP contribution < -0.4 is 0 Å². The van der Waals surface area contributed by atoms with E-state index in [-0.39, 0.29) is 0 Å². The van der Waals surface area contributed by atoms with Crippen molar-refractivity contribution in [2.45, 2.75) is 66.7 Å². The van der Waals surface area contributed by atoms with Gasteiger partial charge >= 0.3 is 0 Å². The van der Waals surface area contributed by atoms with E-state index in [0.29, 0.717) is 0 Å². The molecule has 0 nitrogen and oxygen atoms in total. The van der Waals surface area contributed by atoms with E-state index in [4.69, 9.17) is 0 Å². The van der Waals surface area contributed by atoms with E-state index in [9.17, 15) is 0 Å². The summed E-state index contributed by atoms with van der Waals surface area (Å²) in [6.07, 6.45) is 10.9. The Bertz CT molecular complexity index is 206. The van der Waals surface area contributed by atoms with E-state index in [2.05, 4.69) is 46.8 Å². The van der Waals surface area contributed by atoms with Crippen LogP contribution in [0.5, 0.6) is 0 Å². The average Bonchev–Trinajstić information content (AvgIpc) is 2.22. The standard InChI is InChI=1S/C15H28/c1-6-14(7-2)10-9-11-15(8-3)12-13(4)5/h6,11,13H,7-10,12H2,1-5H3/b14-6+,15-11+. The van der Waals surface area contributed by atoms with Gasteiger partial charge in [0.05, 0.1) is 0 Å². The second kappa shape index (κ2) is 8.76. The van der Waals surface area contributed by atoms with Crippen LogP contribution >= 0.6 is 0 Å². The van der Waals surface area contributed by atoms with Gasteiger partial charge in [0.1, 0.15) is 0 Å². The lowest BCUT2D eigenvalue weighted by molar-refractivity contribution is 0.627. The Kier molecular flexibility index (Phi) is 8.46. The van der Waals surface area contributed by atoms with E-state index >= 15 is 0 Å². The highest BCUT2D eigenvalue weighted by molar-refractivity contribution is 5.06. The minimum atomic E-state index is 0.795. The second-order valence-corrected chi connectivity index (χ2v) is 4.65. The Labute approximate surface area is 96.5 Å². The maximum absolute atomic E-state index is 2.46. The third-order valence-electron chi connectivity index (χ3n) is 2.89. The van der Waals surface area contributed by atoms with E-state index in [1.165, 1.54) is 32.1 Å². The number of hydrogen-bond acceptors (Lipinski definition) is 0. The van der Waals surface area contributed by atoms with Crippen molar-refractivity contribution in [2.24, 2.45) is 5.92 Å². The molecule has 0 fully saturated rings. The Morgan fingerprint density at radius 2 is 1.67 bits per heavy atom. The zero-order valence-electron chi connectivity index (χ0n) is 11.3. The molecule has 0 aromatic rings. The molecule has 0 saturated heterocycles. The van der Waals surface area contributed by atoms with Crippen LogP contribution in [0.3, 0.4) is 0 Å². The summed E-state index contributed by atoms with van der Waals surface area (Å²) in [5.41, 5.74) is 3.22. The molecule has 0 aliphatic heterocycles. The quantitative estimate of drug-likeness (QED) is 0.484. The first-order chi connectivity index (χ1) is 7.13. The molecule has 0 N–H and O–H groups in total. The van der Waals surface area contributed by atoms with Crippen LogP contribution in [0.1, 0.15) is 66.7 Å². The minimum Gasteiger partial charge on any atom is -0.0885 e. The van der Waals surface area contributed by atoms with Gasteiger partial charge in [-0.15, -0.1) is 0 Å². The zero-order valence-corrected chi connectivity index (χ0v) is 11.3. The molecule has 0 heteroatoms. The normalized spacial score (nSPS) is 13.7. The lowest BCUT2D eigenvalue weighted by Gasteiger charge is -2.08. The van der Waals surface area contributed by atoms with E-state index in [1.54, 1.807) is 11.1 Å². The molecule has 0 aromatic carbocycles. The fourth-order valence-electron chi connectivity index (χ4n) is 1.88. The second-order valence-electron chi connectivity index (χ2n) is 4.65. The van der Waals surface area contributed by atoms with Gasteiger partial charge in [0.25, 0.3) is 0 Å². The van der Waals surface area contributed by atoms with Crippen LogP contribution in [0.4, 0.5) is 0 Å². The summed E-state index contributed by atoms with van der Waals surface area (Å²) >= 11 is 0. The van der Waals surface area contributed by atoms with E-state index in [1.807, 2.05) is 0 Å². The third kappa shape index (κ3) is 7.41. The summed E-state index contributed by atoms with van der Waals surface area (Å²) in [7, 11) is 0. The van der Waals surface area contributed by atoms with Gasteiger partial charge in [-0.05, 0) is 44.9 Å². The van der Waals surface area contributed by atoms with Gasteiger partial charge in [-0.25, -0.2) is 0 Å². The van der Waals surface area contributed by atoms with Gasteiger partial charge in [-0.3, -0.25) is 0 Å². The Hall–Kier alpha value is -0.520. The molecule has 0 rings (SSSR count). The van der Waals surface area contributed by atoms with Crippen LogP contribution in [0, 0.1) is 5.92 Å². The van der Waals surface area contributed by atoms with Gasteiger partial charge in [0, 0.05) is 0 Å². The summed E-state index contributed by atoms with van der Waals surface area (Å²) < 4.78 is 0. The van der Waals surface area contributed by atoms with Gasteiger partial charge in [0.2, 0.25) is 0 Å². The zero-order chi connectivity index (χ0) is 11.7. The summed E-state index contributed by atoms with van der Waals surface area (Å²) in [6.45, 7) is 11.3. The van der Waals surface area contributed by atoms with Crippen LogP contribution in [-0.2, 0) is 0 Å². The Balaban J connectivity index is 4.00. The van der Waals surface area contributed by atoms with Crippen LogP contribution in [-0.4, -0.2) is 0 Å². The number of rotatable bonds is 7. The minimum absolute atomic E-state index is 0.795. The van der Waals surface area contributed by atoms with Crippen molar-refractivity contribution >= 4 is 0 Å². The molecule has 0 bridgehead atoms. The predicted molar refractivity (Wildman–Crippen MR) is 71.1 cm³/mol. The van der Waals surface area contributed by atoms with Crippen molar-refractivity contribution in [3.05, 3.63) is 23.3 Å². The van der Waals surface area contributed by atoms with Crippen LogP contribution in [0.15, 0.2) is 23.3 Å². The molecule has 0 spiro atoms. The highest BCUT2D eigenvalue weighted by Crippen LogP contribution is 2.17. The van der Waals surface area contributed by atoms with Gasteiger partial charge < -0.3 is 0 Å². The number of allylic oxidation sites excluding steroid dienone is 4. The molecular weight excluding hydrogens is 180 g/mol. The first kappa shape index (κ1) is 14.5. The lowest BCUT2D eigenvalue weighted by atomic mass is 9.98. The molecular formula is C15H28. The van der Waals surface area contributed by atoms with Crippen molar-refractivity contribution in [3.63, 3.8) is 0 Å². The highest BCUT2D eigenvalue weighted by atomic mass is 14.0. The maximum Gasteiger partial charge on any atom is -0.0286 e. The van der Waals surface area contributed by atoms with Gasteiger partial charge in [-0.1, -0.05) is 51.0 Å². The monoisotopic (exact) mass is 208 g/mol. The molecule has 0 radical (unpaired) electrons. The predicted octanol–water partition coefficient (Wildman–Crippen LogP) is 5.51. The summed E-state index contributed by atoms with van der Waals surface area (Å²) in [5, 5.41) is 0. The molecule has 88 valence electrons. The third-order valence-corrected chi connectivity index (χ3v) is 2.89. The van der Waals surface area contributed by atoms with Crippen LogP contribution in [0.2, 0.25) is 0 Å². The first-order valence-corrected chi connectivity index (χ1v) is 6.45. The van der Waals surface area contributed by atoms with Crippen molar-refractivity contribution in [2.75, 3.05) is 0 Å². The fourth-order valence-corrected chi connectivity index (χ4v) is 1.88. The SMILES string of the molecule is C/C=C(\CC)CC/C=C(\CC)CC(C)C. The smallest absolute Gasteiger partial charge is 0.0286 e. The van der Waals surface area contributed by atoms with Gasteiger partial charge in [-0.2, -0.15) is 0 Å². The molecule has 0 unspecified atom stereocenters. The first-order valence-electron chi connectivity index (χ1n) is 6.45. The van der Waals surface area contributed by atoms with Gasteiger partial charge in [0.15, 0.2) is 0 Å². The van der Waals surface area contributed by atoms with Crippen molar-refractivity contribution < 1.29 is 0 Å². The Morgan fingerprint density at radius 1 is 1.07 bits per heavy atom. The summed E-state index contributed by atoms with van der Waals surface area (Å²) in [4.78, 5) is 0. The molecule has 0 aromatic heterocycles. The van der Waals surface area contributed by atoms with E-state index < -0.39 is 0 Å². The maximum atomic E-state index is 2.46. The molecule has 0 aliphatic rings. The fraction of sp³-hybridized carbons (Fsp3) is 0.733. The largest absolute Gasteiger partial charge is 0.0885 e. The molecule has 0 aliphatic carbocycles. The molecule has 0 heterocycles. The summed E-state index contributed by atoms with van der Waals surface area (Å²) in [5.74, 6) is 0.795. The molecule has 0 atom stereocenters. The van der Waals surface area contributed by atoms with E-state index in [0.717, 1.165) is 5.92 Å². The summed E-state index contributed by atoms with van der Waals surface area (Å²) in [6, 6.07) is 0. The van der Waals surface area contributed by atoms with Crippen molar-refractivity contribution in [1.82, 2.24) is 0 Å². The highest BCUT2D eigenvalue weighted by Gasteiger charge is 1.99. The van der Waals surface area contributed by atoms with Crippen molar-refractivity contribution in [3.8, 4) is 0 Å². The van der Waals surface area contributed by atoms with Crippen LogP contribution in [0.25, 0.3) is 0 Å². The molecule has 0 saturated carbocycles. The average molecular weight is 208 g/mol. The van der Waals surface area contributed by atoms with Crippen molar-refractivity contribution in [1.29, 1.82) is 0 Å². The Morgan fingerprint density at radius 3 is 2.07 bits per heavy atom. The topological polar surface area (TPSA) is 0 Å². The lowest BCUT2D eigenvalue weighted by Crippen LogP contribution is -1.91. The molecule has 0 amide bonds. The molecule has 15 heavy (non-hydrogen) atoms. The number of hydrogen-bond donors (Lipinski definition) is 0.